The molecule has 0 spiro atoms. The van der Waals surface area contributed by atoms with E-state index in [1.807, 2.05) is 13.0 Å². The predicted octanol–water partition coefficient (Wildman–Crippen LogP) is 5.08. The number of ether oxygens (including phenoxy) is 2. The molecule has 0 saturated carbocycles. The fourth-order valence-electron chi connectivity index (χ4n) is 3.75. The molecule has 1 aliphatic carbocycles. The molecular formula is C26H35N3O2. The minimum atomic E-state index is 0.554. The average molecular weight is 422 g/mol. The number of hydrogen-bond donors (Lipinski definition) is 0. The number of methoxy groups -OCH3 is 1. The maximum absolute atomic E-state index is 5.55. The monoisotopic (exact) mass is 421 g/mol. The summed E-state index contributed by atoms with van der Waals surface area (Å²) >= 11 is 0. The molecule has 1 aliphatic heterocycles. The molecule has 166 valence electrons. The van der Waals surface area contributed by atoms with Crippen molar-refractivity contribution >= 4 is 11.1 Å². The summed E-state index contributed by atoms with van der Waals surface area (Å²) in [6, 6.07) is 1.84. The van der Waals surface area contributed by atoms with E-state index in [1.54, 1.807) is 7.11 Å². The molecular weight excluding hydrogens is 386 g/mol. The third-order valence-corrected chi connectivity index (χ3v) is 5.72. The highest BCUT2D eigenvalue weighted by molar-refractivity contribution is 5.78. The quantitative estimate of drug-likeness (QED) is 0.548. The molecule has 31 heavy (non-hydrogen) atoms. The van der Waals surface area contributed by atoms with E-state index >= 15 is 0 Å². The molecule has 0 unspecified atom stereocenters. The Balaban J connectivity index is 1.99. The second kappa shape index (κ2) is 11.2. The molecule has 0 aromatic carbocycles. The van der Waals surface area contributed by atoms with Crippen molar-refractivity contribution in [3.8, 4) is 5.88 Å². The van der Waals surface area contributed by atoms with Crippen molar-refractivity contribution in [1.82, 2.24) is 14.9 Å². The Hall–Kier alpha value is -2.46. The van der Waals surface area contributed by atoms with Crippen molar-refractivity contribution in [2.45, 2.75) is 40.0 Å². The first-order valence-electron chi connectivity index (χ1n) is 11.2. The van der Waals surface area contributed by atoms with Crippen molar-refractivity contribution in [1.29, 1.82) is 0 Å². The van der Waals surface area contributed by atoms with Crippen LogP contribution >= 0.6 is 0 Å². The lowest BCUT2D eigenvalue weighted by atomic mass is 9.98. The number of rotatable bonds is 8. The highest BCUT2D eigenvalue weighted by Gasteiger charge is 2.20. The molecule has 2 heterocycles. The Labute approximate surface area is 186 Å². The third kappa shape index (κ3) is 6.51. The molecule has 3 rings (SSSR count). The van der Waals surface area contributed by atoms with E-state index in [0.29, 0.717) is 17.6 Å². The Morgan fingerprint density at radius 2 is 2.03 bits per heavy atom. The van der Waals surface area contributed by atoms with Gasteiger partial charge in [-0.15, -0.1) is 5.73 Å². The molecule has 0 amide bonds. The molecule has 0 N–H and O–H groups in total. The van der Waals surface area contributed by atoms with Gasteiger partial charge in [0.2, 0.25) is 5.88 Å². The van der Waals surface area contributed by atoms with Gasteiger partial charge in [0.25, 0.3) is 0 Å². The van der Waals surface area contributed by atoms with E-state index in [9.17, 15) is 0 Å². The van der Waals surface area contributed by atoms with Crippen LogP contribution in [0, 0.1) is 5.92 Å². The second-order valence-electron chi connectivity index (χ2n) is 8.54. The van der Waals surface area contributed by atoms with Crippen molar-refractivity contribution in [3.63, 3.8) is 0 Å². The van der Waals surface area contributed by atoms with Crippen LogP contribution in [0.3, 0.4) is 0 Å². The fraction of sp³-hybridized carbons (Fsp3) is 0.500. The van der Waals surface area contributed by atoms with E-state index in [2.05, 4.69) is 49.3 Å². The minimum absolute atomic E-state index is 0.554. The van der Waals surface area contributed by atoms with Crippen LogP contribution in [0.2, 0.25) is 0 Å². The molecule has 0 radical (unpaired) electrons. The second-order valence-corrected chi connectivity index (χ2v) is 8.54. The zero-order chi connectivity index (χ0) is 22.2. The normalized spacial score (nSPS) is 17.4. The maximum Gasteiger partial charge on any atom is 0.217 e. The molecule has 2 aliphatic rings. The smallest absolute Gasteiger partial charge is 0.217 e. The highest BCUT2D eigenvalue weighted by atomic mass is 16.5. The van der Waals surface area contributed by atoms with Crippen molar-refractivity contribution in [2.24, 2.45) is 5.92 Å². The lowest BCUT2D eigenvalue weighted by Gasteiger charge is -2.28. The molecule has 0 atom stereocenters. The summed E-state index contributed by atoms with van der Waals surface area (Å²) in [4.78, 5) is 12.0. The lowest BCUT2D eigenvalue weighted by molar-refractivity contribution is 0.0427. The zero-order valence-corrected chi connectivity index (χ0v) is 19.4. The van der Waals surface area contributed by atoms with Crippen LogP contribution < -0.4 is 4.74 Å². The number of aromatic nitrogens is 2. The van der Waals surface area contributed by atoms with Crippen LogP contribution in [0.1, 0.15) is 51.6 Å². The molecule has 1 aromatic heterocycles. The number of nitrogens with zero attached hydrogens (tertiary/aromatic N) is 3. The minimum Gasteiger partial charge on any atom is -0.481 e. The molecule has 5 nitrogen and oxygen atoms in total. The fourth-order valence-corrected chi connectivity index (χ4v) is 3.75. The largest absolute Gasteiger partial charge is 0.481 e. The Morgan fingerprint density at radius 1 is 1.26 bits per heavy atom. The summed E-state index contributed by atoms with van der Waals surface area (Å²) in [7, 11) is 1.64. The van der Waals surface area contributed by atoms with Gasteiger partial charge in [0.05, 0.1) is 26.0 Å². The van der Waals surface area contributed by atoms with E-state index in [1.165, 1.54) is 17.6 Å². The van der Waals surface area contributed by atoms with Crippen LogP contribution in [0.25, 0.3) is 11.1 Å². The van der Waals surface area contributed by atoms with Crippen molar-refractivity contribution in [3.05, 3.63) is 59.3 Å². The number of allylic oxidation sites excluding steroid dienone is 5. The molecule has 1 fully saturated rings. The van der Waals surface area contributed by atoms with E-state index < -0.39 is 0 Å². The van der Waals surface area contributed by atoms with E-state index in [4.69, 9.17) is 19.4 Å². The first-order chi connectivity index (χ1) is 15.0. The maximum atomic E-state index is 5.55. The first-order valence-corrected chi connectivity index (χ1v) is 11.2. The van der Waals surface area contributed by atoms with Crippen LogP contribution in [0.4, 0.5) is 0 Å². The Kier molecular flexibility index (Phi) is 8.42. The Morgan fingerprint density at radius 3 is 2.71 bits per heavy atom. The number of hydrogen-bond acceptors (Lipinski definition) is 5. The SMILES string of the molecule is C=C=C(C)c1cc(OC)nc(C2=CCC=C(CCC(C)C)C=C2CN2CCOCC2)n1. The van der Waals surface area contributed by atoms with Gasteiger partial charge in [0, 0.05) is 36.8 Å². The zero-order valence-electron chi connectivity index (χ0n) is 19.4. The average Bonchev–Trinajstić information content (AvgIpc) is 2.99. The summed E-state index contributed by atoms with van der Waals surface area (Å²) < 4.78 is 11.0. The summed E-state index contributed by atoms with van der Waals surface area (Å²) in [5, 5.41) is 0. The van der Waals surface area contributed by atoms with Gasteiger partial charge in [0.1, 0.15) is 0 Å². The topological polar surface area (TPSA) is 47.5 Å². The summed E-state index contributed by atoms with van der Waals surface area (Å²) in [6.45, 7) is 14.6. The van der Waals surface area contributed by atoms with Crippen LogP contribution in [-0.2, 0) is 4.74 Å². The molecule has 5 heteroatoms. The Bertz CT molecular complexity index is 915. The third-order valence-electron chi connectivity index (χ3n) is 5.72. The van der Waals surface area contributed by atoms with Gasteiger partial charge in [-0.25, -0.2) is 4.98 Å². The van der Waals surface area contributed by atoms with E-state index in [0.717, 1.165) is 62.5 Å². The van der Waals surface area contributed by atoms with Crippen LogP contribution in [0.5, 0.6) is 5.88 Å². The van der Waals surface area contributed by atoms with Gasteiger partial charge >= 0.3 is 0 Å². The van der Waals surface area contributed by atoms with Crippen LogP contribution in [-0.4, -0.2) is 54.8 Å². The molecule has 1 saturated heterocycles. The predicted molar refractivity (Wildman–Crippen MR) is 127 cm³/mol. The summed E-state index contributed by atoms with van der Waals surface area (Å²) in [6.07, 6.45) is 10.1. The van der Waals surface area contributed by atoms with E-state index in [-0.39, 0.29) is 0 Å². The van der Waals surface area contributed by atoms with Gasteiger partial charge in [0.15, 0.2) is 5.82 Å². The lowest BCUT2D eigenvalue weighted by Crippen LogP contribution is -2.37. The highest BCUT2D eigenvalue weighted by Crippen LogP contribution is 2.30. The summed E-state index contributed by atoms with van der Waals surface area (Å²) in [5.41, 5.74) is 8.35. The molecule has 1 aromatic rings. The van der Waals surface area contributed by atoms with Crippen LogP contribution in [0.15, 0.2) is 47.8 Å². The van der Waals surface area contributed by atoms with Gasteiger partial charge in [-0.2, -0.15) is 4.98 Å². The summed E-state index contributed by atoms with van der Waals surface area (Å²) in [5.74, 6) is 1.94. The van der Waals surface area contributed by atoms with Crippen molar-refractivity contribution in [2.75, 3.05) is 40.0 Å². The number of morpholine rings is 1. The standard InChI is InChI=1S/C26H35N3O2/c1-6-20(4)24-17-25(30-5)28-26(27-24)23-9-7-8-21(11-10-19(2)3)16-22(23)18-29-12-14-31-15-13-29/h8-9,16-17,19H,1,7,10-15,18H2,2-5H3. The van der Waals surface area contributed by atoms with Gasteiger partial charge in [-0.05, 0) is 37.7 Å². The molecule has 0 bridgehead atoms. The van der Waals surface area contributed by atoms with Gasteiger partial charge in [-0.3, -0.25) is 4.90 Å². The van der Waals surface area contributed by atoms with Crippen molar-refractivity contribution < 1.29 is 9.47 Å². The first kappa shape index (κ1) is 23.2. The van der Waals surface area contributed by atoms with Gasteiger partial charge < -0.3 is 9.47 Å². The van der Waals surface area contributed by atoms with Gasteiger partial charge in [-0.1, -0.05) is 44.2 Å².